The number of carbonyl (C=O) groups excluding carboxylic acids is 2. The minimum atomic E-state index is -0.562. The molecule has 0 spiro atoms. The number of ketones is 1. The van der Waals surface area contributed by atoms with E-state index >= 15 is 0 Å². The Morgan fingerprint density at radius 1 is 1.33 bits per heavy atom. The molecule has 0 N–H and O–H groups in total. The number of benzene rings is 1. The first-order valence-electron chi connectivity index (χ1n) is 9.38. The lowest BCUT2D eigenvalue weighted by atomic mass is 9.93. The molecular formula is C21H26FNO3S. The molecule has 1 saturated heterocycles. The molecule has 6 heteroatoms. The molecule has 146 valence electrons. The molecule has 0 radical (unpaired) electrons. The second-order valence-electron chi connectivity index (χ2n) is 7.19. The SMILES string of the molecule is COC/C=C1\CN(C(C(=O)C2CC2)c2ccccc2F)CCC1SC(C)=O. The molecule has 1 aromatic carbocycles. The van der Waals surface area contributed by atoms with Crippen LogP contribution in [0.25, 0.3) is 0 Å². The first-order chi connectivity index (χ1) is 13.0. The van der Waals surface area contributed by atoms with Crippen molar-refractivity contribution in [2.45, 2.75) is 37.5 Å². The summed E-state index contributed by atoms with van der Waals surface area (Å²) in [5.41, 5.74) is 1.53. The first-order valence-corrected chi connectivity index (χ1v) is 10.3. The van der Waals surface area contributed by atoms with Gasteiger partial charge in [0.1, 0.15) is 5.82 Å². The number of likely N-dealkylation sites (tertiary alicyclic amines) is 1. The maximum atomic E-state index is 14.5. The van der Waals surface area contributed by atoms with Crippen LogP contribution >= 0.6 is 11.8 Å². The molecule has 4 nitrogen and oxygen atoms in total. The highest BCUT2D eigenvalue weighted by molar-refractivity contribution is 8.14. The van der Waals surface area contributed by atoms with Gasteiger partial charge < -0.3 is 4.74 Å². The Balaban J connectivity index is 1.87. The maximum Gasteiger partial charge on any atom is 0.186 e. The third kappa shape index (κ3) is 5.06. The minimum Gasteiger partial charge on any atom is -0.381 e. The fraction of sp³-hybridized carbons (Fsp3) is 0.524. The van der Waals surface area contributed by atoms with Crippen molar-refractivity contribution in [1.82, 2.24) is 4.90 Å². The number of methoxy groups -OCH3 is 1. The Kier molecular flexibility index (Phi) is 6.84. The Morgan fingerprint density at radius 2 is 2.07 bits per heavy atom. The van der Waals surface area contributed by atoms with Gasteiger partial charge in [-0.1, -0.05) is 36.0 Å². The van der Waals surface area contributed by atoms with E-state index in [0.29, 0.717) is 25.3 Å². The molecule has 2 aliphatic rings. The summed E-state index contributed by atoms with van der Waals surface area (Å²) in [4.78, 5) is 26.7. The average Bonchev–Trinajstić information content (AvgIpc) is 3.48. The van der Waals surface area contributed by atoms with E-state index in [-0.39, 0.29) is 27.9 Å². The number of ether oxygens (including phenoxy) is 1. The van der Waals surface area contributed by atoms with Crippen LogP contribution in [0.3, 0.4) is 0 Å². The summed E-state index contributed by atoms with van der Waals surface area (Å²) in [6.45, 7) is 3.24. The van der Waals surface area contributed by atoms with Crippen molar-refractivity contribution < 1.29 is 18.7 Å². The molecule has 1 aliphatic heterocycles. The second kappa shape index (κ2) is 9.13. The zero-order chi connectivity index (χ0) is 19.4. The van der Waals surface area contributed by atoms with Crippen molar-refractivity contribution in [3.8, 4) is 0 Å². The van der Waals surface area contributed by atoms with Gasteiger partial charge >= 0.3 is 0 Å². The number of hydrogen-bond donors (Lipinski definition) is 0. The third-order valence-corrected chi connectivity index (χ3v) is 6.27. The van der Waals surface area contributed by atoms with Crippen LogP contribution in [0.1, 0.15) is 37.8 Å². The zero-order valence-electron chi connectivity index (χ0n) is 15.8. The van der Waals surface area contributed by atoms with Crippen molar-refractivity contribution in [3.63, 3.8) is 0 Å². The van der Waals surface area contributed by atoms with E-state index in [0.717, 1.165) is 24.8 Å². The standard InChI is InChI=1S/C21H26FNO3S/c1-14(24)27-19-9-11-23(13-16(19)10-12-26-2)20(21(25)15-7-8-15)17-5-3-4-6-18(17)22/h3-6,10,15,19-20H,7-9,11-13H2,1-2H3/b16-10+. The van der Waals surface area contributed by atoms with Crippen LogP contribution < -0.4 is 0 Å². The smallest absolute Gasteiger partial charge is 0.186 e. The van der Waals surface area contributed by atoms with Gasteiger partial charge in [0.2, 0.25) is 0 Å². The molecular weight excluding hydrogens is 365 g/mol. The summed E-state index contributed by atoms with van der Waals surface area (Å²) >= 11 is 1.33. The van der Waals surface area contributed by atoms with Crippen LogP contribution in [0, 0.1) is 11.7 Å². The number of piperidine rings is 1. The van der Waals surface area contributed by atoms with Crippen molar-refractivity contribution in [3.05, 3.63) is 47.3 Å². The van der Waals surface area contributed by atoms with Crippen molar-refractivity contribution >= 4 is 22.7 Å². The molecule has 0 amide bonds. The van der Waals surface area contributed by atoms with Crippen molar-refractivity contribution in [1.29, 1.82) is 0 Å². The highest BCUT2D eigenvalue weighted by Gasteiger charge is 2.41. The molecule has 2 unspecified atom stereocenters. The molecule has 0 aromatic heterocycles. The van der Waals surface area contributed by atoms with E-state index in [1.54, 1.807) is 32.2 Å². The largest absolute Gasteiger partial charge is 0.381 e. The van der Waals surface area contributed by atoms with Crippen LogP contribution in [-0.2, 0) is 14.3 Å². The molecule has 1 saturated carbocycles. The fourth-order valence-electron chi connectivity index (χ4n) is 3.64. The average molecular weight is 392 g/mol. The zero-order valence-corrected chi connectivity index (χ0v) is 16.6. The van der Waals surface area contributed by atoms with Gasteiger partial charge in [0, 0.05) is 43.9 Å². The van der Waals surface area contributed by atoms with E-state index in [2.05, 4.69) is 4.90 Å². The maximum absolute atomic E-state index is 14.5. The van der Waals surface area contributed by atoms with E-state index in [1.165, 1.54) is 17.8 Å². The number of nitrogens with zero attached hydrogens (tertiary/aromatic N) is 1. The van der Waals surface area contributed by atoms with Gasteiger partial charge in [-0.25, -0.2) is 4.39 Å². The first kappa shape index (κ1) is 20.2. The summed E-state index contributed by atoms with van der Waals surface area (Å²) in [6, 6.07) is 6.01. The van der Waals surface area contributed by atoms with E-state index < -0.39 is 6.04 Å². The minimum absolute atomic E-state index is 0.0466. The molecule has 2 atom stereocenters. The number of Topliss-reactive ketones (excluding diaryl/α,β-unsaturated/α-hetero) is 1. The van der Waals surface area contributed by atoms with Crippen LogP contribution in [0.5, 0.6) is 0 Å². The molecule has 27 heavy (non-hydrogen) atoms. The highest BCUT2D eigenvalue weighted by Crippen LogP contribution is 2.40. The molecule has 2 fully saturated rings. The second-order valence-corrected chi connectivity index (χ2v) is 8.57. The lowest BCUT2D eigenvalue weighted by molar-refractivity contribution is -0.126. The highest BCUT2D eigenvalue weighted by atomic mass is 32.2. The quantitative estimate of drug-likeness (QED) is 0.662. The number of rotatable bonds is 7. The molecule has 3 rings (SSSR count). The van der Waals surface area contributed by atoms with Crippen LogP contribution in [0.4, 0.5) is 4.39 Å². The summed E-state index contributed by atoms with van der Waals surface area (Å²) in [7, 11) is 1.63. The topological polar surface area (TPSA) is 46.6 Å². The van der Waals surface area contributed by atoms with Crippen LogP contribution in [-0.4, -0.2) is 47.9 Å². The van der Waals surface area contributed by atoms with E-state index in [4.69, 9.17) is 4.74 Å². The Labute approximate surface area is 164 Å². The number of thioether (sulfide) groups is 1. The van der Waals surface area contributed by atoms with Crippen LogP contribution in [0.15, 0.2) is 35.9 Å². The van der Waals surface area contributed by atoms with Crippen molar-refractivity contribution in [2.24, 2.45) is 5.92 Å². The van der Waals surface area contributed by atoms with Gasteiger partial charge in [0.15, 0.2) is 10.9 Å². The molecule has 1 aliphatic carbocycles. The predicted octanol–water partition coefficient (Wildman–Crippen LogP) is 3.77. The molecule has 1 aromatic rings. The number of carbonyl (C=O) groups is 2. The summed E-state index contributed by atoms with van der Waals surface area (Å²) in [5.74, 6) is -0.173. The molecule has 0 bridgehead atoms. The number of hydrogen-bond acceptors (Lipinski definition) is 5. The van der Waals surface area contributed by atoms with Crippen LogP contribution in [0.2, 0.25) is 0 Å². The summed E-state index contributed by atoms with van der Waals surface area (Å²) in [5, 5.41) is 0.169. The van der Waals surface area contributed by atoms with Gasteiger partial charge in [-0.2, -0.15) is 0 Å². The van der Waals surface area contributed by atoms with Gasteiger partial charge in [-0.15, -0.1) is 0 Å². The van der Waals surface area contributed by atoms with Gasteiger partial charge in [-0.3, -0.25) is 14.5 Å². The number of halogens is 1. The van der Waals surface area contributed by atoms with Gasteiger partial charge in [-0.05, 0) is 30.9 Å². The van der Waals surface area contributed by atoms with E-state index in [1.807, 2.05) is 6.08 Å². The predicted molar refractivity (Wildman–Crippen MR) is 105 cm³/mol. The molecule has 1 heterocycles. The van der Waals surface area contributed by atoms with Gasteiger partial charge in [0.05, 0.1) is 12.6 Å². The monoisotopic (exact) mass is 391 g/mol. The fourth-order valence-corrected chi connectivity index (χ4v) is 4.59. The Hall–Kier alpha value is -1.50. The lowest BCUT2D eigenvalue weighted by Gasteiger charge is -2.38. The summed E-state index contributed by atoms with van der Waals surface area (Å²) < 4.78 is 19.7. The lowest BCUT2D eigenvalue weighted by Crippen LogP contribution is -2.43. The normalized spacial score (nSPS) is 23.4. The third-order valence-electron chi connectivity index (χ3n) is 5.11. The van der Waals surface area contributed by atoms with E-state index in [9.17, 15) is 14.0 Å². The van der Waals surface area contributed by atoms with Crippen molar-refractivity contribution in [2.75, 3.05) is 26.8 Å². The Bertz CT molecular complexity index is 732. The van der Waals surface area contributed by atoms with Gasteiger partial charge in [0.25, 0.3) is 0 Å². The summed E-state index contributed by atoms with van der Waals surface area (Å²) in [6.07, 6.45) is 4.54. The Morgan fingerprint density at radius 3 is 2.70 bits per heavy atom.